The minimum absolute atomic E-state index is 0.0369. The Morgan fingerprint density at radius 3 is 2.33 bits per heavy atom. The topological polar surface area (TPSA) is 113 Å². The van der Waals surface area contributed by atoms with Crippen molar-refractivity contribution in [3.8, 4) is 34.5 Å². The highest BCUT2D eigenvalue weighted by Crippen LogP contribution is 2.46. The van der Waals surface area contributed by atoms with E-state index in [1.165, 1.54) is 24.3 Å². The Bertz CT molecular complexity index is 2560. The number of amides is 1. The number of anilines is 1. The van der Waals surface area contributed by atoms with Gasteiger partial charge in [-0.1, -0.05) is 65.7 Å². The second-order valence-corrected chi connectivity index (χ2v) is 24.1. The van der Waals surface area contributed by atoms with E-state index in [1.54, 1.807) is 18.2 Å². The molecule has 334 valence electrons. The number of carbonyl (C=O) groups is 1. The van der Waals surface area contributed by atoms with Crippen LogP contribution in [0.2, 0.25) is 16.6 Å². The molecule has 3 atom stereocenters. The van der Waals surface area contributed by atoms with Crippen LogP contribution in [0.4, 0.5) is 28.2 Å². The molecule has 1 unspecified atom stereocenters. The van der Waals surface area contributed by atoms with Gasteiger partial charge in [0.15, 0.2) is 12.6 Å². The van der Waals surface area contributed by atoms with Crippen LogP contribution in [0.3, 0.4) is 0 Å². The van der Waals surface area contributed by atoms with Crippen LogP contribution < -0.4 is 14.4 Å². The molecule has 0 radical (unpaired) electrons. The normalized spacial score (nSPS) is 21.3. The molecule has 2 aromatic heterocycles. The number of hydrogen-bond acceptors (Lipinski definition) is 9. The lowest BCUT2D eigenvalue weighted by atomic mass is 9.92. The van der Waals surface area contributed by atoms with Crippen LogP contribution in [0.25, 0.3) is 32.9 Å². The van der Waals surface area contributed by atoms with E-state index in [1.807, 2.05) is 9.80 Å². The van der Waals surface area contributed by atoms with Gasteiger partial charge in [0.2, 0.25) is 0 Å². The summed E-state index contributed by atoms with van der Waals surface area (Å²) in [7, 11) is -0.874. The summed E-state index contributed by atoms with van der Waals surface area (Å²) in [6.07, 6.45) is 0.585. The fraction of sp³-hybridized carbons (Fsp3) is 0.489. The van der Waals surface area contributed by atoms with Gasteiger partial charge in [-0.25, -0.2) is 13.6 Å². The van der Waals surface area contributed by atoms with Gasteiger partial charge in [0.25, 0.3) is 6.08 Å². The standard InChI is InChI=1S/C47H54F4N6O5Si/c1-26(2)63(27(3)4,28(5)6)14-13-35-38(48)12-9-30-15-34(62-25-60-8)16-36(39(30)35)41-40(49)42-37(19-52-41)44(55-22-32-10-11-33(23-55)57(32)46(58)59)54-45(53-42)61-24-47-17-29(7)20-56(47)21-31(18-47)43(50)51/h9,12,15-16,19,26-28,32-33H,7,10-11,17-18,20-25H2,1-6,8H3,(H,58,59)/t32-,33+,47?. The molecular weight excluding hydrogens is 833 g/mol. The van der Waals surface area contributed by atoms with E-state index in [9.17, 15) is 18.7 Å². The van der Waals surface area contributed by atoms with E-state index < -0.39 is 37.4 Å². The highest BCUT2D eigenvalue weighted by molar-refractivity contribution is 6.90. The molecule has 4 saturated heterocycles. The summed E-state index contributed by atoms with van der Waals surface area (Å²) in [5.74, 6) is 2.54. The van der Waals surface area contributed by atoms with E-state index in [-0.39, 0.29) is 107 Å². The van der Waals surface area contributed by atoms with Gasteiger partial charge in [-0.2, -0.15) is 18.7 Å². The zero-order chi connectivity index (χ0) is 45.1. The van der Waals surface area contributed by atoms with Crippen LogP contribution in [0, 0.1) is 23.1 Å². The van der Waals surface area contributed by atoms with Crippen molar-refractivity contribution in [3.63, 3.8) is 0 Å². The maximum atomic E-state index is 17.8. The number of piperazine rings is 1. The lowest BCUT2D eigenvalue weighted by Crippen LogP contribution is -2.55. The molecule has 0 saturated carbocycles. The molecule has 63 heavy (non-hydrogen) atoms. The molecule has 0 aliphatic carbocycles. The zero-order valence-corrected chi connectivity index (χ0v) is 37.8. The number of benzene rings is 2. The summed E-state index contributed by atoms with van der Waals surface area (Å²) in [6, 6.07) is 5.48. The van der Waals surface area contributed by atoms with Crippen LogP contribution in [-0.4, -0.2) is 108 Å². The van der Waals surface area contributed by atoms with Gasteiger partial charge in [0.1, 0.15) is 43.3 Å². The summed E-state index contributed by atoms with van der Waals surface area (Å²) >= 11 is 0. The summed E-state index contributed by atoms with van der Waals surface area (Å²) in [5.41, 5.74) is 4.64. The zero-order valence-electron chi connectivity index (χ0n) is 36.8. The molecule has 11 nitrogen and oxygen atoms in total. The van der Waals surface area contributed by atoms with E-state index in [2.05, 4.69) is 64.6 Å². The van der Waals surface area contributed by atoms with Crippen molar-refractivity contribution in [2.24, 2.45) is 0 Å². The summed E-state index contributed by atoms with van der Waals surface area (Å²) in [6.45, 7) is 18.1. The average Bonchev–Trinajstić information content (AvgIpc) is 3.83. The minimum Gasteiger partial charge on any atom is -0.468 e. The highest BCUT2D eigenvalue weighted by atomic mass is 28.3. The largest absolute Gasteiger partial charge is 0.468 e. The van der Waals surface area contributed by atoms with E-state index in [0.29, 0.717) is 48.1 Å². The van der Waals surface area contributed by atoms with Crippen molar-refractivity contribution in [2.75, 3.05) is 51.6 Å². The number of rotatable bonds is 11. The predicted octanol–water partition coefficient (Wildman–Crippen LogP) is 9.94. The minimum atomic E-state index is -2.36. The van der Waals surface area contributed by atoms with Gasteiger partial charge in [-0.3, -0.25) is 14.8 Å². The molecule has 2 aromatic carbocycles. The molecule has 4 aromatic rings. The third-order valence-corrected chi connectivity index (χ3v) is 20.2. The second kappa shape index (κ2) is 17.0. The first-order chi connectivity index (χ1) is 30.0. The molecule has 8 rings (SSSR count). The van der Waals surface area contributed by atoms with Crippen molar-refractivity contribution in [1.82, 2.24) is 24.8 Å². The average molecular weight is 887 g/mol. The number of ether oxygens (including phenoxy) is 3. The molecule has 1 N–H and O–H groups in total. The Hall–Kier alpha value is -5.24. The number of fused-ring (bicyclic) bond motifs is 5. The number of halogens is 4. The molecule has 2 bridgehead atoms. The maximum Gasteiger partial charge on any atom is 0.407 e. The molecule has 4 fully saturated rings. The van der Waals surface area contributed by atoms with Crippen LogP contribution in [0.1, 0.15) is 72.8 Å². The van der Waals surface area contributed by atoms with Gasteiger partial charge in [-0.05, 0) is 65.9 Å². The fourth-order valence-electron chi connectivity index (χ4n) is 11.1. The molecule has 4 aliphatic rings. The Morgan fingerprint density at radius 1 is 1.00 bits per heavy atom. The second-order valence-electron chi connectivity index (χ2n) is 18.5. The Kier molecular flexibility index (Phi) is 12.0. The number of methoxy groups -OCH3 is 1. The number of carboxylic acid groups (broad SMARTS) is 1. The fourth-order valence-corrected chi connectivity index (χ4v) is 16.3. The summed E-state index contributed by atoms with van der Waals surface area (Å²) in [5, 5.41) is 11.2. The lowest BCUT2D eigenvalue weighted by Gasteiger charge is -2.40. The van der Waals surface area contributed by atoms with Crippen LogP contribution in [0.5, 0.6) is 11.8 Å². The number of pyridine rings is 1. The molecule has 6 heterocycles. The van der Waals surface area contributed by atoms with E-state index >= 15 is 8.78 Å². The first-order valence-electron chi connectivity index (χ1n) is 21.6. The Labute approximate surface area is 366 Å². The van der Waals surface area contributed by atoms with E-state index in [4.69, 9.17) is 24.2 Å². The number of hydrogen-bond donors (Lipinski definition) is 1. The summed E-state index contributed by atoms with van der Waals surface area (Å²) in [4.78, 5) is 31.7. The van der Waals surface area contributed by atoms with Gasteiger partial charge in [-0.15, -0.1) is 5.54 Å². The van der Waals surface area contributed by atoms with Crippen LogP contribution >= 0.6 is 0 Å². The van der Waals surface area contributed by atoms with Gasteiger partial charge < -0.3 is 24.2 Å². The first kappa shape index (κ1) is 44.4. The van der Waals surface area contributed by atoms with Crippen LogP contribution in [-0.2, 0) is 4.74 Å². The molecule has 16 heteroatoms. The van der Waals surface area contributed by atoms with Gasteiger partial charge in [0.05, 0.1) is 28.6 Å². The molecule has 0 spiro atoms. The van der Waals surface area contributed by atoms with Gasteiger partial charge >= 0.3 is 12.1 Å². The third kappa shape index (κ3) is 7.79. The van der Waals surface area contributed by atoms with Crippen molar-refractivity contribution in [3.05, 3.63) is 71.5 Å². The highest BCUT2D eigenvalue weighted by Gasteiger charge is 2.50. The monoisotopic (exact) mass is 886 g/mol. The lowest BCUT2D eigenvalue weighted by molar-refractivity contribution is 0.0512. The quantitative estimate of drug-likeness (QED) is 0.0514. The van der Waals surface area contributed by atoms with E-state index in [0.717, 1.165) is 5.57 Å². The molecule has 1 amide bonds. The van der Waals surface area contributed by atoms with Crippen molar-refractivity contribution >= 4 is 41.7 Å². The number of nitrogens with zero attached hydrogens (tertiary/aromatic N) is 6. The predicted molar refractivity (Wildman–Crippen MR) is 237 cm³/mol. The summed E-state index contributed by atoms with van der Waals surface area (Å²) < 4.78 is 79.4. The smallest absolute Gasteiger partial charge is 0.407 e. The van der Waals surface area contributed by atoms with Gasteiger partial charge in [0, 0.05) is 56.0 Å². The van der Waals surface area contributed by atoms with Crippen molar-refractivity contribution in [1.29, 1.82) is 0 Å². The SMILES string of the molecule is C=C1CN2CC(=C(F)F)CC2(COc2nc(N3C[C@H]4CC[C@@H](C3)N4C(=O)O)c3cnc(-c4cc(OCOC)cc5ccc(F)c(C#C[Si](C(C)C)(C(C)C)C(C)C)c45)c(F)c3n2)C1. The number of aromatic nitrogens is 3. The Balaban J connectivity index is 1.31. The van der Waals surface area contributed by atoms with Crippen molar-refractivity contribution < 1.29 is 41.7 Å². The molecule has 4 aliphatic heterocycles. The Morgan fingerprint density at radius 2 is 1.70 bits per heavy atom. The maximum absolute atomic E-state index is 17.8. The molecular formula is C47H54F4N6O5Si. The first-order valence-corrected chi connectivity index (χ1v) is 23.8. The van der Waals surface area contributed by atoms with Crippen molar-refractivity contribution in [2.45, 2.75) is 101 Å². The third-order valence-electron chi connectivity index (χ3n) is 13.9. The van der Waals surface area contributed by atoms with Crippen LogP contribution in [0.15, 0.2) is 54.3 Å².